The summed E-state index contributed by atoms with van der Waals surface area (Å²) >= 11 is 1.34. The molecule has 7 nitrogen and oxygen atoms in total. The number of anilines is 2. The molecule has 2 N–H and O–H groups in total. The van der Waals surface area contributed by atoms with E-state index in [-0.39, 0.29) is 11.7 Å². The molecule has 0 bridgehead atoms. The lowest BCUT2D eigenvalue weighted by atomic mass is 9.94. The first-order valence-electron chi connectivity index (χ1n) is 14.7. The predicted octanol–water partition coefficient (Wildman–Crippen LogP) is 8.14. The second-order valence-corrected chi connectivity index (χ2v) is 12.2. The van der Waals surface area contributed by atoms with Crippen molar-refractivity contribution in [3.8, 4) is 5.75 Å². The molecule has 1 aliphatic rings. The molecule has 1 aliphatic heterocycles. The van der Waals surface area contributed by atoms with E-state index in [9.17, 15) is 9.18 Å². The molecule has 4 aromatic carbocycles. The third kappa shape index (κ3) is 6.78. The number of nitrogens with zero attached hydrogens (tertiary/aromatic N) is 3. The molecule has 228 valence electrons. The van der Waals surface area contributed by atoms with Gasteiger partial charge in [0.2, 0.25) is 11.1 Å². The van der Waals surface area contributed by atoms with Crippen LogP contribution in [0.3, 0.4) is 0 Å². The van der Waals surface area contributed by atoms with Gasteiger partial charge in [0, 0.05) is 17.1 Å². The molecule has 0 saturated heterocycles. The number of ether oxygens (including phenoxy) is 1. The number of carbonyl (C=O) groups excluding carboxylic acids is 1. The number of hydrogen-bond donors (Lipinski definition) is 2. The summed E-state index contributed by atoms with van der Waals surface area (Å²) < 4.78 is 22.1. The average molecular weight is 620 g/mol. The van der Waals surface area contributed by atoms with E-state index >= 15 is 0 Å². The molecule has 1 atom stereocenters. The summed E-state index contributed by atoms with van der Waals surface area (Å²) in [6.45, 7) is 8.37. The van der Waals surface area contributed by atoms with Gasteiger partial charge < -0.3 is 15.4 Å². The molecule has 1 unspecified atom stereocenters. The number of aryl methyl sites for hydroxylation is 3. The first-order valence-corrected chi connectivity index (χ1v) is 15.7. The largest absolute Gasteiger partial charge is 0.489 e. The molecular formula is C36H34FN5O2S. The first kappa shape index (κ1) is 30.1. The third-order valence-corrected chi connectivity index (χ3v) is 8.63. The Morgan fingerprint density at radius 2 is 1.69 bits per heavy atom. The molecule has 45 heavy (non-hydrogen) atoms. The lowest BCUT2D eigenvalue weighted by molar-refractivity contribution is -0.113. The van der Waals surface area contributed by atoms with E-state index in [4.69, 9.17) is 14.8 Å². The van der Waals surface area contributed by atoms with Crippen molar-refractivity contribution in [2.24, 2.45) is 0 Å². The minimum absolute atomic E-state index is 0.238. The summed E-state index contributed by atoms with van der Waals surface area (Å²) in [7, 11) is 0. The van der Waals surface area contributed by atoms with Gasteiger partial charge in [-0.05, 0) is 74.2 Å². The van der Waals surface area contributed by atoms with Crippen LogP contribution in [-0.4, -0.2) is 20.7 Å². The Morgan fingerprint density at radius 3 is 2.42 bits per heavy atom. The summed E-state index contributed by atoms with van der Waals surface area (Å²) in [6.07, 6.45) is 0. The summed E-state index contributed by atoms with van der Waals surface area (Å²) in [6, 6.07) is 28.0. The summed E-state index contributed by atoms with van der Waals surface area (Å²) in [5, 5.41) is 11.7. The monoisotopic (exact) mass is 619 g/mol. The number of halogens is 1. The van der Waals surface area contributed by atoms with E-state index < -0.39 is 6.04 Å². The Kier molecular flexibility index (Phi) is 8.71. The van der Waals surface area contributed by atoms with E-state index in [1.165, 1.54) is 23.4 Å². The second-order valence-electron chi connectivity index (χ2n) is 11.2. The number of aromatic nitrogens is 3. The van der Waals surface area contributed by atoms with Gasteiger partial charge in [-0.1, -0.05) is 89.6 Å². The van der Waals surface area contributed by atoms with Crippen molar-refractivity contribution < 1.29 is 13.9 Å². The second kappa shape index (κ2) is 13.0. The molecule has 2 heterocycles. The number of nitrogens with one attached hydrogen (secondary N) is 2. The van der Waals surface area contributed by atoms with Crippen LogP contribution >= 0.6 is 11.8 Å². The molecule has 0 fully saturated rings. The van der Waals surface area contributed by atoms with Gasteiger partial charge in [0.25, 0.3) is 5.91 Å². The van der Waals surface area contributed by atoms with Crippen LogP contribution in [-0.2, 0) is 17.2 Å². The van der Waals surface area contributed by atoms with Crippen molar-refractivity contribution in [1.29, 1.82) is 0 Å². The van der Waals surface area contributed by atoms with Crippen molar-refractivity contribution in [3.63, 3.8) is 0 Å². The van der Waals surface area contributed by atoms with Gasteiger partial charge in [-0.3, -0.25) is 4.79 Å². The fraction of sp³-hybridized carbons (Fsp3) is 0.194. The number of fused-ring (bicyclic) bond motifs is 1. The maximum absolute atomic E-state index is 14.3. The van der Waals surface area contributed by atoms with Crippen molar-refractivity contribution in [2.45, 2.75) is 51.3 Å². The maximum Gasteiger partial charge on any atom is 0.255 e. The zero-order valence-corrected chi connectivity index (χ0v) is 26.4. The van der Waals surface area contributed by atoms with E-state index in [1.807, 2.05) is 69.3 Å². The number of allylic oxidation sites excluding steroid dienone is 1. The van der Waals surface area contributed by atoms with Crippen molar-refractivity contribution in [3.05, 3.63) is 141 Å². The number of amides is 1. The molecular weight excluding hydrogens is 585 g/mol. The molecule has 6 rings (SSSR count). The Balaban J connectivity index is 1.30. The molecule has 0 radical (unpaired) electrons. The fourth-order valence-electron chi connectivity index (χ4n) is 5.29. The molecule has 9 heteroatoms. The van der Waals surface area contributed by atoms with Crippen LogP contribution in [0, 0.1) is 26.6 Å². The number of carbonyl (C=O) groups is 1. The number of rotatable bonds is 9. The minimum atomic E-state index is -0.562. The van der Waals surface area contributed by atoms with E-state index in [0.29, 0.717) is 40.3 Å². The van der Waals surface area contributed by atoms with Crippen molar-refractivity contribution in [1.82, 2.24) is 14.8 Å². The average Bonchev–Trinajstić information content (AvgIpc) is 3.43. The van der Waals surface area contributed by atoms with E-state index in [0.717, 1.165) is 33.7 Å². The van der Waals surface area contributed by atoms with Gasteiger partial charge in [-0.15, -0.1) is 5.10 Å². The predicted molar refractivity (Wildman–Crippen MR) is 177 cm³/mol. The normalized spacial score (nSPS) is 14.1. The Bertz CT molecular complexity index is 1880. The van der Waals surface area contributed by atoms with Gasteiger partial charge in [0.1, 0.15) is 24.2 Å². The zero-order chi connectivity index (χ0) is 31.5. The molecule has 0 aliphatic carbocycles. The Labute approximate surface area is 266 Å². The third-order valence-electron chi connectivity index (χ3n) is 7.74. The Morgan fingerprint density at radius 1 is 0.956 bits per heavy atom. The lowest BCUT2D eigenvalue weighted by Crippen LogP contribution is -2.31. The van der Waals surface area contributed by atoms with Gasteiger partial charge in [0.15, 0.2) is 0 Å². The molecule has 1 aromatic heterocycles. The highest BCUT2D eigenvalue weighted by molar-refractivity contribution is 7.98. The van der Waals surface area contributed by atoms with Crippen LogP contribution in [0.4, 0.5) is 16.0 Å². The topological polar surface area (TPSA) is 81.1 Å². The molecule has 0 spiro atoms. The van der Waals surface area contributed by atoms with Crippen LogP contribution in [0.5, 0.6) is 5.75 Å². The van der Waals surface area contributed by atoms with Crippen LogP contribution in [0.1, 0.15) is 46.3 Å². The zero-order valence-electron chi connectivity index (χ0n) is 25.6. The van der Waals surface area contributed by atoms with Crippen LogP contribution in [0.15, 0.2) is 107 Å². The van der Waals surface area contributed by atoms with E-state index in [2.05, 4.69) is 41.8 Å². The molecule has 1 amide bonds. The highest BCUT2D eigenvalue weighted by Crippen LogP contribution is 2.38. The number of thioether (sulfide) groups is 1. The summed E-state index contributed by atoms with van der Waals surface area (Å²) in [5.74, 6) is 1.10. The highest BCUT2D eigenvalue weighted by Gasteiger charge is 2.34. The molecule has 5 aromatic rings. The quantitative estimate of drug-likeness (QED) is 0.162. The van der Waals surface area contributed by atoms with Gasteiger partial charge >= 0.3 is 0 Å². The van der Waals surface area contributed by atoms with Crippen molar-refractivity contribution in [2.75, 3.05) is 10.6 Å². The number of benzene rings is 4. The highest BCUT2D eigenvalue weighted by atomic mass is 32.2. The van der Waals surface area contributed by atoms with Gasteiger partial charge in [0.05, 0.1) is 5.57 Å². The SMILES string of the molecule is CC1=C(C(=O)Nc2ccc(C)cc2C)C(c2ccc(OCc3ccc(C)cc3)cc2)n2nc(SCc3ccccc3F)nc2N1. The smallest absolute Gasteiger partial charge is 0.255 e. The Hall–Kier alpha value is -4.89. The fourth-order valence-corrected chi connectivity index (χ4v) is 6.11. The standard InChI is InChI=1S/C36H34FN5O2S/c1-22-9-12-26(13-10-22)20-44-29-16-14-27(15-17-29)33-32(34(43)39-31-18-11-23(2)19-24(31)3)25(4)38-35-40-36(41-42(33)35)45-21-28-7-5-6-8-30(28)37/h5-19,33H,20-21H2,1-4H3,(H,39,43)(H,38,40,41). The van der Waals surface area contributed by atoms with Gasteiger partial charge in [-0.2, -0.15) is 4.98 Å². The lowest BCUT2D eigenvalue weighted by Gasteiger charge is -2.29. The number of hydrogen-bond acceptors (Lipinski definition) is 6. The van der Waals surface area contributed by atoms with Crippen LogP contribution < -0.4 is 15.4 Å². The molecule has 0 saturated carbocycles. The summed E-state index contributed by atoms with van der Waals surface area (Å²) in [5.41, 5.74) is 7.74. The minimum Gasteiger partial charge on any atom is -0.489 e. The summed E-state index contributed by atoms with van der Waals surface area (Å²) in [4.78, 5) is 18.7. The van der Waals surface area contributed by atoms with Crippen LogP contribution in [0.2, 0.25) is 0 Å². The first-order chi connectivity index (χ1) is 21.7. The van der Waals surface area contributed by atoms with E-state index in [1.54, 1.807) is 16.8 Å². The maximum atomic E-state index is 14.3. The van der Waals surface area contributed by atoms with Crippen molar-refractivity contribution >= 4 is 29.3 Å². The van der Waals surface area contributed by atoms with Crippen LogP contribution in [0.25, 0.3) is 0 Å². The van der Waals surface area contributed by atoms with Gasteiger partial charge in [-0.25, -0.2) is 9.07 Å².